The maximum Gasteiger partial charge on any atom is 0.289 e. The summed E-state index contributed by atoms with van der Waals surface area (Å²) >= 11 is 6.21. The zero-order valence-corrected chi connectivity index (χ0v) is 20.5. The van der Waals surface area contributed by atoms with Gasteiger partial charge in [0.2, 0.25) is 0 Å². The van der Waals surface area contributed by atoms with Crippen LogP contribution in [0.1, 0.15) is 34.2 Å². The molecule has 36 heavy (non-hydrogen) atoms. The number of amides is 1. The van der Waals surface area contributed by atoms with Crippen molar-refractivity contribution >= 4 is 28.5 Å². The van der Waals surface area contributed by atoms with E-state index in [1.165, 1.54) is 17.0 Å². The molecule has 1 aromatic heterocycles. The number of nitrogens with two attached hydrogens (primary N) is 1. The molecule has 1 heterocycles. The Balaban J connectivity index is 1.58. The number of aliphatic hydroxyl groups excluding tert-OH is 1. The lowest BCUT2D eigenvalue weighted by molar-refractivity contribution is 0.0529. The highest BCUT2D eigenvalue weighted by Crippen LogP contribution is 2.27. The monoisotopic (exact) mass is 512 g/mol. The standard InChI is InChI=1S/C28H27ClF2N2O3/c1-2-17-5-3-6-18(9-17)15-33(28(35)26-13-20-7-4-8-23(29)27(20)36-26)16-25(34)24(32)12-19-10-21(30)14-22(31)11-19/h3-11,13-14,24-25,34H,2,12,15-16,32H2,1H3. The van der Waals surface area contributed by atoms with Gasteiger partial charge in [-0.2, -0.15) is 0 Å². The molecule has 0 fully saturated rings. The fourth-order valence-electron chi connectivity index (χ4n) is 4.17. The van der Waals surface area contributed by atoms with Crippen LogP contribution in [-0.4, -0.2) is 34.6 Å². The van der Waals surface area contributed by atoms with Gasteiger partial charge in [0, 0.05) is 30.6 Å². The molecular weight excluding hydrogens is 486 g/mol. The van der Waals surface area contributed by atoms with E-state index in [-0.39, 0.29) is 25.3 Å². The second-order valence-electron chi connectivity index (χ2n) is 8.84. The minimum Gasteiger partial charge on any atom is -0.449 e. The summed E-state index contributed by atoms with van der Waals surface area (Å²) in [7, 11) is 0. The number of aryl methyl sites for hydroxylation is 1. The number of para-hydroxylation sites is 1. The fraction of sp³-hybridized carbons (Fsp3) is 0.250. The van der Waals surface area contributed by atoms with Crippen LogP contribution in [0.25, 0.3) is 11.0 Å². The van der Waals surface area contributed by atoms with Crippen LogP contribution in [0.3, 0.4) is 0 Å². The van der Waals surface area contributed by atoms with Gasteiger partial charge in [-0.3, -0.25) is 4.79 Å². The van der Waals surface area contributed by atoms with E-state index in [1.54, 1.807) is 24.3 Å². The highest BCUT2D eigenvalue weighted by Gasteiger charge is 2.26. The van der Waals surface area contributed by atoms with Gasteiger partial charge in [0.1, 0.15) is 11.6 Å². The number of hydrogen-bond acceptors (Lipinski definition) is 4. The van der Waals surface area contributed by atoms with Crippen LogP contribution in [0.4, 0.5) is 8.78 Å². The molecule has 2 atom stereocenters. The smallest absolute Gasteiger partial charge is 0.289 e. The molecule has 4 rings (SSSR count). The number of nitrogens with zero attached hydrogens (tertiary/aromatic N) is 1. The van der Waals surface area contributed by atoms with Crippen LogP contribution in [0.5, 0.6) is 0 Å². The summed E-state index contributed by atoms with van der Waals surface area (Å²) in [6, 6.07) is 16.9. The van der Waals surface area contributed by atoms with Gasteiger partial charge in [0.15, 0.2) is 11.3 Å². The Bertz CT molecular complexity index is 1350. The zero-order chi connectivity index (χ0) is 25.8. The summed E-state index contributed by atoms with van der Waals surface area (Å²) in [5.74, 6) is -1.80. The van der Waals surface area contributed by atoms with Gasteiger partial charge in [0.25, 0.3) is 5.91 Å². The highest BCUT2D eigenvalue weighted by atomic mass is 35.5. The van der Waals surface area contributed by atoms with Gasteiger partial charge >= 0.3 is 0 Å². The number of fused-ring (bicyclic) bond motifs is 1. The highest BCUT2D eigenvalue weighted by molar-refractivity contribution is 6.34. The number of carbonyl (C=O) groups excluding carboxylic acids is 1. The second-order valence-corrected chi connectivity index (χ2v) is 9.25. The zero-order valence-electron chi connectivity index (χ0n) is 19.8. The van der Waals surface area contributed by atoms with Gasteiger partial charge < -0.3 is 20.2 Å². The number of carbonyl (C=O) groups is 1. The van der Waals surface area contributed by atoms with Crippen LogP contribution in [0.15, 0.2) is 71.1 Å². The van der Waals surface area contributed by atoms with E-state index in [4.69, 9.17) is 21.8 Å². The molecule has 0 bridgehead atoms. The number of hydrogen-bond donors (Lipinski definition) is 2. The van der Waals surface area contributed by atoms with Crippen molar-refractivity contribution < 1.29 is 23.1 Å². The molecule has 2 unspecified atom stereocenters. The van der Waals surface area contributed by atoms with E-state index >= 15 is 0 Å². The van der Waals surface area contributed by atoms with Crippen molar-refractivity contribution in [3.63, 3.8) is 0 Å². The minimum absolute atomic E-state index is 0.0312. The van der Waals surface area contributed by atoms with Gasteiger partial charge in [-0.15, -0.1) is 0 Å². The molecule has 5 nitrogen and oxygen atoms in total. The molecule has 3 N–H and O–H groups in total. The molecule has 0 spiro atoms. The fourth-order valence-corrected chi connectivity index (χ4v) is 4.39. The summed E-state index contributed by atoms with van der Waals surface area (Å²) in [5.41, 5.74) is 8.90. The Morgan fingerprint density at radius 3 is 2.42 bits per heavy atom. The number of aliphatic hydroxyl groups is 1. The first-order valence-corrected chi connectivity index (χ1v) is 12.0. The Morgan fingerprint density at radius 2 is 1.72 bits per heavy atom. The Morgan fingerprint density at radius 1 is 1.03 bits per heavy atom. The summed E-state index contributed by atoms with van der Waals surface area (Å²) < 4.78 is 32.9. The van der Waals surface area contributed by atoms with E-state index in [2.05, 4.69) is 0 Å². The molecule has 188 valence electrons. The van der Waals surface area contributed by atoms with Crippen molar-refractivity contribution in [2.75, 3.05) is 6.54 Å². The second kappa shape index (κ2) is 11.2. The molecule has 0 saturated carbocycles. The Kier molecular flexibility index (Phi) is 8.04. The molecule has 0 saturated heterocycles. The van der Waals surface area contributed by atoms with Crippen molar-refractivity contribution in [2.24, 2.45) is 5.73 Å². The molecule has 8 heteroatoms. The molecule has 3 aromatic carbocycles. The predicted molar refractivity (Wildman–Crippen MR) is 136 cm³/mol. The van der Waals surface area contributed by atoms with E-state index in [0.29, 0.717) is 21.6 Å². The van der Waals surface area contributed by atoms with Crippen molar-refractivity contribution in [3.05, 3.63) is 106 Å². The lowest BCUT2D eigenvalue weighted by Gasteiger charge is -2.28. The van der Waals surface area contributed by atoms with Gasteiger partial charge in [-0.05, 0) is 53.8 Å². The Hall–Kier alpha value is -3.26. The average Bonchev–Trinajstić information content (AvgIpc) is 3.28. The maximum atomic E-state index is 13.6. The lowest BCUT2D eigenvalue weighted by atomic mass is 10.0. The van der Waals surface area contributed by atoms with Crippen molar-refractivity contribution in [1.29, 1.82) is 0 Å². The third kappa shape index (κ3) is 6.10. The first kappa shape index (κ1) is 25.8. The van der Waals surface area contributed by atoms with Gasteiger partial charge in [-0.25, -0.2) is 8.78 Å². The molecule has 0 aliphatic heterocycles. The predicted octanol–water partition coefficient (Wildman–Crippen LogP) is 5.50. The average molecular weight is 513 g/mol. The van der Waals surface area contributed by atoms with Crippen molar-refractivity contribution in [2.45, 2.75) is 38.5 Å². The van der Waals surface area contributed by atoms with E-state index < -0.39 is 29.7 Å². The van der Waals surface area contributed by atoms with E-state index in [9.17, 15) is 18.7 Å². The van der Waals surface area contributed by atoms with Crippen LogP contribution < -0.4 is 5.73 Å². The number of halogens is 3. The van der Waals surface area contributed by atoms with Crippen LogP contribution in [-0.2, 0) is 19.4 Å². The van der Waals surface area contributed by atoms with Crippen molar-refractivity contribution in [3.8, 4) is 0 Å². The van der Waals surface area contributed by atoms with Gasteiger partial charge in [-0.1, -0.05) is 54.9 Å². The first-order chi connectivity index (χ1) is 17.2. The third-order valence-electron chi connectivity index (χ3n) is 6.06. The van der Waals surface area contributed by atoms with E-state index in [0.717, 1.165) is 23.6 Å². The van der Waals surface area contributed by atoms with Crippen LogP contribution in [0, 0.1) is 11.6 Å². The quantitative estimate of drug-likeness (QED) is 0.310. The normalized spacial score (nSPS) is 13.1. The number of furan rings is 1. The summed E-state index contributed by atoms with van der Waals surface area (Å²) in [5, 5.41) is 12.0. The SMILES string of the molecule is CCc1cccc(CN(CC(O)C(N)Cc2cc(F)cc(F)c2)C(=O)c2cc3cccc(Cl)c3o2)c1. The van der Waals surface area contributed by atoms with Crippen LogP contribution >= 0.6 is 11.6 Å². The topological polar surface area (TPSA) is 79.7 Å². The summed E-state index contributed by atoms with van der Waals surface area (Å²) in [4.78, 5) is 15.0. The van der Waals surface area contributed by atoms with E-state index in [1.807, 2.05) is 31.2 Å². The van der Waals surface area contributed by atoms with Crippen molar-refractivity contribution in [1.82, 2.24) is 4.90 Å². The summed E-state index contributed by atoms with van der Waals surface area (Å²) in [6.07, 6.45) is -0.298. The lowest BCUT2D eigenvalue weighted by Crippen LogP contribution is -2.46. The summed E-state index contributed by atoms with van der Waals surface area (Å²) in [6.45, 7) is 2.13. The first-order valence-electron chi connectivity index (χ1n) is 11.7. The molecule has 0 aliphatic rings. The van der Waals surface area contributed by atoms with Gasteiger partial charge in [0.05, 0.1) is 11.1 Å². The molecule has 0 radical (unpaired) electrons. The molecule has 4 aromatic rings. The molecule has 1 amide bonds. The number of rotatable bonds is 9. The van der Waals surface area contributed by atoms with Crippen LogP contribution in [0.2, 0.25) is 5.02 Å². The Labute approximate surface area is 213 Å². The molecule has 0 aliphatic carbocycles. The minimum atomic E-state index is -1.16. The maximum absolute atomic E-state index is 13.6. The largest absolute Gasteiger partial charge is 0.449 e. The molecular formula is C28H27ClF2N2O3. The third-order valence-corrected chi connectivity index (χ3v) is 6.36. The number of benzene rings is 3.